The molecule has 0 fully saturated rings. The Morgan fingerprint density at radius 3 is 2.50 bits per heavy atom. The van der Waals surface area contributed by atoms with Crippen LogP contribution in [0.1, 0.15) is 38.3 Å². The summed E-state index contributed by atoms with van der Waals surface area (Å²) >= 11 is 0. The van der Waals surface area contributed by atoms with Crippen LogP contribution < -0.4 is 15.4 Å². The minimum Gasteiger partial charge on any atom is -0.410 e. The Morgan fingerprint density at radius 2 is 1.85 bits per heavy atom. The van der Waals surface area contributed by atoms with Crippen molar-refractivity contribution in [3.63, 3.8) is 0 Å². The maximum atomic E-state index is 12.3. The van der Waals surface area contributed by atoms with E-state index in [1.54, 1.807) is 31.2 Å². The van der Waals surface area contributed by atoms with Gasteiger partial charge in [-0.1, -0.05) is 56.3 Å². The molecule has 0 saturated heterocycles. The van der Waals surface area contributed by atoms with Gasteiger partial charge in [-0.25, -0.2) is 4.79 Å². The van der Waals surface area contributed by atoms with E-state index in [-0.39, 0.29) is 11.9 Å². The smallest absolute Gasteiger partial charge is 0.410 e. The third-order valence-corrected chi connectivity index (χ3v) is 3.76. The van der Waals surface area contributed by atoms with Crippen LogP contribution in [0.5, 0.6) is 5.75 Å². The summed E-state index contributed by atoms with van der Waals surface area (Å²) in [5.41, 5.74) is 1.98. The minimum atomic E-state index is -0.532. The van der Waals surface area contributed by atoms with E-state index in [4.69, 9.17) is 4.74 Å². The standard InChI is InChI=1S/C21H24N2O3/c1-4-9-19(16-10-6-5-7-11-16)23-21(25)26-18-13-8-12-17(14-18)22-20(24)15(2)3/h5-8,10-14,19H,2,4,9H2,1,3H3,(H,22,24)(H,23,25). The topological polar surface area (TPSA) is 67.4 Å². The molecule has 2 aromatic rings. The van der Waals surface area contributed by atoms with E-state index >= 15 is 0 Å². The Morgan fingerprint density at radius 1 is 1.12 bits per heavy atom. The molecule has 2 amide bonds. The summed E-state index contributed by atoms with van der Waals surface area (Å²) in [7, 11) is 0. The Kier molecular flexibility index (Phi) is 6.97. The summed E-state index contributed by atoms with van der Waals surface area (Å²) in [6.07, 6.45) is 1.21. The maximum absolute atomic E-state index is 12.3. The molecule has 1 unspecified atom stereocenters. The van der Waals surface area contributed by atoms with Crippen LogP contribution in [0.4, 0.5) is 10.5 Å². The first-order chi connectivity index (χ1) is 12.5. The van der Waals surface area contributed by atoms with Crippen LogP contribution >= 0.6 is 0 Å². The van der Waals surface area contributed by atoms with Crippen LogP contribution in [-0.2, 0) is 4.79 Å². The summed E-state index contributed by atoms with van der Waals surface area (Å²) in [5, 5.41) is 5.59. The predicted octanol–water partition coefficient (Wildman–Crippen LogP) is 4.83. The first kappa shape index (κ1) is 19.2. The Labute approximate surface area is 154 Å². The summed E-state index contributed by atoms with van der Waals surface area (Å²) in [6.45, 7) is 7.29. The monoisotopic (exact) mass is 352 g/mol. The second-order valence-corrected chi connectivity index (χ2v) is 6.05. The second-order valence-electron chi connectivity index (χ2n) is 6.05. The fourth-order valence-corrected chi connectivity index (χ4v) is 2.45. The van der Waals surface area contributed by atoms with Crippen molar-refractivity contribution in [1.29, 1.82) is 0 Å². The number of benzene rings is 2. The third-order valence-electron chi connectivity index (χ3n) is 3.76. The quantitative estimate of drug-likeness (QED) is 0.701. The number of amides is 2. The molecule has 0 saturated carbocycles. The molecule has 0 bridgehead atoms. The van der Waals surface area contributed by atoms with E-state index in [0.29, 0.717) is 17.0 Å². The fraction of sp³-hybridized carbons (Fsp3) is 0.238. The molecule has 0 aromatic heterocycles. The van der Waals surface area contributed by atoms with Gasteiger partial charge < -0.3 is 15.4 Å². The third kappa shape index (κ3) is 5.77. The molecule has 0 spiro atoms. The van der Waals surface area contributed by atoms with Crippen molar-refractivity contribution in [3.8, 4) is 5.75 Å². The Bertz CT molecular complexity index is 772. The summed E-state index contributed by atoms with van der Waals surface area (Å²) in [6, 6.07) is 16.4. The van der Waals surface area contributed by atoms with Gasteiger partial charge in [0, 0.05) is 17.3 Å². The van der Waals surface area contributed by atoms with Crippen LogP contribution in [0, 0.1) is 0 Å². The van der Waals surface area contributed by atoms with Gasteiger partial charge in [-0.2, -0.15) is 0 Å². The van der Waals surface area contributed by atoms with Crippen molar-refractivity contribution in [1.82, 2.24) is 5.32 Å². The molecule has 26 heavy (non-hydrogen) atoms. The van der Waals surface area contributed by atoms with Crippen LogP contribution in [0.15, 0.2) is 66.7 Å². The van der Waals surface area contributed by atoms with E-state index in [9.17, 15) is 9.59 Å². The molecular formula is C21H24N2O3. The van der Waals surface area contributed by atoms with Gasteiger partial charge in [-0.15, -0.1) is 0 Å². The number of carbonyl (C=O) groups is 2. The maximum Gasteiger partial charge on any atom is 0.413 e. The van der Waals surface area contributed by atoms with Crippen LogP contribution in [0.2, 0.25) is 0 Å². The zero-order chi connectivity index (χ0) is 18.9. The molecule has 5 heteroatoms. The van der Waals surface area contributed by atoms with Gasteiger partial charge in [0.05, 0.1) is 6.04 Å². The van der Waals surface area contributed by atoms with Crippen LogP contribution in [0.25, 0.3) is 0 Å². The summed E-state index contributed by atoms with van der Waals surface area (Å²) in [5.74, 6) is 0.0732. The predicted molar refractivity (Wildman–Crippen MR) is 103 cm³/mol. The number of hydrogen-bond acceptors (Lipinski definition) is 3. The first-order valence-electron chi connectivity index (χ1n) is 8.59. The molecule has 0 aliphatic carbocycles. The number of ether oxygens (including phenoxy) is 1. The van der Waals surface area contributed by atoms with Gasteiger partial charge in [-0.3, -0.25) is 4.79 Å². The zero-order valence-electron chi connectivity index (χ0n) is 15.1. The fourth-order valence-electron chi connectivity index (χ4n) is 2.45. The lowest BCUT2D eigenvalue weighted by atomic mass is 10.0. The lowest BCUT2D eigenvalue weighted by Gasteiger charge is -2.18. The van der Waals surface area contributed by atoms with Crippen molar-refractivity contribution in [2.45, 2.75) is 32.7 Å². The largest absolute Gasteiger partial charge is 0.413 e. The van der Waals surface area contributed by atoms with Gasteiger partial charge >= 0.3 is 6.09 Å². The summed E-state index contributed by atoms with van der Waals surface area (Å²) in [4.78, 5) is 24.0. The summed E-state index contributed by atoms with van der Waals surface area (Å²) < 4.78 is 5.37. The number of nitrogens with one attached hydrogen (secondary N) is 2. The lowest BCUT2D eigenvalue weighted by molar-refractivity contribution is -0.112. The van der Waals surface area contributed by atoms with Crippen molar-refractivity contribution in [2.24, 2.45) is 0 Å². The normalized spacial score (nSPS) is 11.3. The molecule has 1 atom stereocenters. The van der Waals surface area contributed by atoms with Crippen molar-refractivity contribution in [3.05, 3.63) is 72.3 Å². The average molecular weight is 352 g/mol. The van der Waals surface area contributed by atoms with E-state index in [1.807, 2.05) is 30.3 Å². The molecule has 0 aliphatic rings. The lowest BCUT2D eigenvalue weighted by Crippen LogP contribution is -2.31. The highest BCUT2D eigenvalue weighted by Crippen LogP contribution is 2.21. The van der Waals surface area contributed by atoms with E-state index in [1.165, 1.54) is 0 Å². The van der Waals surface area contributed by atoms with E-state index < -0.39 is 6.09 Å². The number of hydrogen-bond donors (Lipinski definition) is 2. The number of carbonyl (C=O) groups excluding carboxylic acids is 2. The first-order valence-corrected chi connectivity index (χ1v) is 8.59. The average Bonchev–Trinajstić information content (AvgIpc) is 2.62. The van der Waals surface area contributed by atoms with Crippen molar-refractivity contribution < 1.29 is 14.3 Å². The number of rotatable bonds is 7. The highest BCUT2D eigenvalue weighted by molar-refractivity contribution is 6.02. The number of anilines is 1. The van der Waals surface area contributed by atoms with Crippen LogP contribution in [-0.4, -0.2) is 12.0 Å². The minimum absolute atomic E-state index is 0.111. The molecular weight excluding hydrogens is 328 g/mol. The second kappa shape index (κ2) is 9.42. The Hall–Kier alpha value is -3.08. The molecule has 0 heterocycles. The van der Waals surface area contributed by atoms with Gasteiger partial charge in [-0.05, 0) is 31.0 Å². The van der Waals surface area contributed by atoms with E-state index in [2.05, 4.69) is 24.1 Å². The highest BCUT2D eigenvalue weighted by Gasteiger charge is 2.15. The zero-order valence-corrected chi connectivity index (χ0v) is 15.1. The van der Waals surface area contributed by atoms with Crippen molar-refractivity contribution in [2.75, 3.05) is 5.32 Å². The van der Waals surface area contributed by atoms with Crippen LogP contribution in [0.3, 0.4) is 0 Å². The molecule has 0 aliphatic heterocycles. The molecule has 2 N–H and O–H groups in total. The molecule has 5 nitrogen and oxygen atoms in total. The van der Waals surface area contributed by atoms with Gasteiger partial charge in [0.25, 0.3) is 5.91 Å². The van der Waals surface area contributed by atoms with Gasteiger partial charge in [0.1, 0.15) is 5.75 Å². The Balaban J connectivity index is 2.02. The van der Waals surface area contributed by atoms with Gasteiger partial charge in [0.2, 0.25) is 0 Å². The molecule has 136 valence electrons. The molecule has 0 radical (unpaired) electrons. The molecule has 2 aromatic carbocycles. The molecule has 2 rings (SSSR count). The van der Waals surface area contributed by atoms with Gasteiger partial charge in [0.15, 0.2) is 0 Å². The van der Waals surface area contributed by atoms with E-state index in [0.717, 1.165) is 18.4 Å². The van der Waals surface area contributed by atoms with Crippen molar-refractivity contribution >= 4 is 17.7 Å². The highest BCUT2D eigenvalue weighted by atomic mass is 16.6. The SMILES string of the molecule is C=C(C)C(=O)Nc1cccc(OC(=O)NC(CCC)c2ccccc2)c1.